The predicted octanol–water partition coefficient (Wildman–Crippen LogP) is 2.01. The molecule has 5 unspecified atom stereocenters. The number of phosphoric acid groups is 2. The van der Waals surface area contributed by atoms with Crippen LogP contribution in [-0.4, -0.2) is 103 Å². The first-order chi connectivity index (χ1) is 25.6. The lowest BCUT2D eigenvalue weighted by atomic mass is 9.85. The van der Waals surface area contributed by atoms with Crippen molar-refractivity contribution >= 4 is 27.6 Å². The van der Waals surface area contributed by atoms with E-state index in [0.29, 0.717) is 6.42 Å². The minimum atomic E-state index is -5.33. The first-order valence-corrected chi connectivity index (χ1v) is 20.6. The fraction of sp³-hybridized carbons (Fsp3) is 0.667. The number of phosphoric ester groups is 2. The van der Waals surface area contributed by atoms with Gasteiger partial charge < -0.3 is 44.6 Å². The minimum Gasteiger partial charge on any atom is -0.456 e. The molecule has 1 aliphatic carbocycles. The second kappa shape index (κ2) is 27.4. The van der Waals surface area contributed by atoms with E-state index in [0.717, 1.165) is 32.1 Å². The summed E-state index contributed by atoms with van der Waals surface area (Å²) in [6.45, 7) is 0.557. The smallest absolute Gasteiger partial charge is 0.456 e. The number of ether oxygens (including phenoxy) is 2. The van der Waals surface area contributed by atoms with Crippen LogP contribution in [0.1, 0.15) is 96.8 Å². The SMILES string of the molecule is C#CC#CC#CC#CC#CC(=O)OC[C@H](COP(=O)(O)OC1C(O)C(O)[C@H](OP(=O)(O)O)C(O)[C@@H]1O)OC(=O)CCCCCCCCCCCCCCC. The molecule has 0 spiro atoms. The van der Waals surface area contributed by atoms with Crippen LogP contribution in [0.3, 0.4) is 0 Å². The second-order valence-corrected chi connectivity index (χ2v) is 14.8. The van der Waals surface area contributed by atoms with E-state index < -0.39 is 83.5 Å². The lowest BCUT2D eigenvalue weighted by Gasteiger charge is -2.43. The molecule has 0 bridgehead atoms. The summed E-state index contributed by atoms with van der Waals surface area (Å²) in [5.41, 5.74) is 0. The molecule has 0 saturated heterocycles. The van der Waals surface area contributed by atoms with Crippen molar-refractivity contribution in [3.8, 4) is 59.7 Å². The largest absolute Gasteiger partial charge is 0.472 e. The maximum Gasteiger partial charge on any atom is 0.472 e. The lowest BCUT2D eigenvalue weighted by Crippen LogP contribution is -2.64. The van der Waals surface area contributed by atoms with Gasteiger partial charge in [-0.1, -0.05) is 84.0 Å². The van der Waals surface area contributed by atoms with Crippen molar-refractivity contribution < 1.29 is 76.9 Å². The Bertz CT molecular complexity index is 1540. The number of carbonyl (C=O) groups excluding carboxylic acids is 2. The van der Waals surface area contributed by atoms with E-state index in [-0.39, 0.29) is 6.42 Å². The van der Waals surface area contributed by atoms with E-state index in [1.807, 2.05) is 5.92 Å². The monoisotopic (exact) mass is 800 g/mol. The molecular weight excluding hydrogens is 750 g/mol. The zero-order valence-electron chi connectivity index (χ0n) is 30.1. The van der Waals surface area contributed by atoms with Crippen LogP contribution in [0, 0.1) is 59.7 Å². The number of rotatable bonds is 24. The normalized spacial score (nSPS) is 22.1. The Hall–Kier alpha value is -3.20. The average molecular weight is 801 g/mol. The molecule has 0 aliphatic heterocycles. The zero-order valence-corrected chi connectivity index (χ0v) is 31.9. The summed E-state index contributed by atoms with van der Waals surface area (Å²) < 4.78 is 48.1. The molecule has 0 aromatic carbocycles. The first-order valence-electron chi connectivity index (χ1n) is 17.6. The van der Waals surface area contributed by atoms with Gasteiger partial charge in [0, 0.05) is 12.3 Å². The molecule has 1 saturated carbocycles. The molecular formula is C36H50O16P2. The number of carbonyl (C=O) groups is 2. The molecule has 54 heavy (non-hydrogen) atoms. The molecule has 0 radical (unpaired) electrons. The Morgan fingerprint density at radius 3 is 1.57 bits per heavy atom. The molecule has 16 nitrogen and oxygen atoms in total. The molecule has 1 fully saturated rings. The van der Waals surface area contributed by atoms with Gasteiger partial charge in [0.05, 0.1) is 6.61 Å². The second-order valence-electron chi connectivity index (χ2n) is 12.2. The van der Waals surface area contributed by atoms with Crippen molar-refractivity contribution in [3.63, 3.8) is 0 Å². The molecule has 18 heteroatoms. The Labute approximate surface area is 316 Å². The number of aliphatic hydroxyl groups excluding tert-OH is 4. The van der Waals surface area contributed by atoms with Gasteiger partial charge in [-0.05, 0) is 53.8 Å². The quantitative estimate of drug-likeness (QED) is 0.0242. The van der Waals surface area contributed by atoms with Gasteiger partial charge in [-0.3, -0.25) is 18.4 Å². The summed E-state index contributed by atoms with van der Waals surface area (Å²) in [6.07, 6.45) is 3.99. The summed E-state index contributed by atoms with van der Waals surface area (Å²) in [5.74, 6) is 18.2. The van der Waals surface area contributed by atoms with E-state index in [9.17, 15) is 44.0 Å². The fourth-order valence-corrected chi connectivity index (χ4v) is 6.62. The van der Waals surface area contributed by atoms with E-state index in [2.05, 4.69) is 58.8 Å². The summed E-state index contributed by atoms with van der Waals surface area (Å²) in [5, 5.41) is 41.1. The van der Waals surface area contributed by atoms with E-state index in [1.54, 1.807) is 0 Å². The van der Waals surface area contributed by atoms with E-state index >= 15 is 0 Å². The number of unbranched alkanes of at least 4 members (excludes halogenated alkanes) is 12. The standard InChI is InChI=1S/C36H50O16P2/c1-3-5-7-9-11-13-14-15-16-17-19-21-23-25-30(38)50-28(26-48-29(37)24-22-20-18-12-10-8-6-4-2)27-49-54(46,47)52-36-33(41)31(39)35(32(40)34(36)42)51-53(43,44)45/h2,28,31-36,39-42H,3,5,7,9,11,13-17,19,21,23,25-27H2,1H3,(H,46,47)(H2,43,44,45)/t28-,31?,32?,33+,34?,35-,36?/m1/s1. The third-order valence-electron chi connectivity index (χ3n) is 7.78. The molecule has 1 rings (SSSR count). The Morgan fingerprint density at radius 1 is 0.648 bits per heavy atom. The van der Waals surface area contributed by atoms with Crippen molar-refractivity contribution in [1.29, 1.82) is 0 Å². The molecule has 1 aliphatic rings. The van der Waals surface area contributed by atoms with Gasteiger partial charge in [-0.15, -0.1) is 6.42 Å². The highest BCUT2D eigenvalue weighted by Gasteiger charge is 2.54. The van der Waals surface area contributed by atoms with Gasteiger partial charge in [-0.2, -0.15) is 0 Å². The van der Waals surface area contributed by atoms with Crippen LogP contribution in [-0.2, 0) is 41.8 Å². The molecule has 0 aromatic heterocycles. The Balaban J connectivity index is 2.77. The Morgan fingerprint density at radius 2 is 1.09 bits per heavy atom. The fourth-order valence-electron chi connectivity index (χ4n) is 5.08. The number of aliphatic hydroxyl groups is 4. The highest BCUT2D eigenvalue weighted by atomic mass is 31.2. The maximum atomic E-state index is 12.8. The van der Waals surface area contributed by atoms with Gasteiger partial charge in [-0.25, -0.2) is 13.9 Å². The van der Waals surface area contributed by atoms with Gasteiger partial charge in [0.2, 0.25) is 0 Å². The van der Waals surface area contributed by atoms with Crippen molar-refractivity contribution in [2.24, 2.45) is 0 Å². The van der Waals surface area contributed by atoms with Crippen LogP contribution in [0.25, 0.3) is 0 Å². The van der Waals surface area contributed by atoms with Crippen LogP contribution in [0.15, 0.2) is 0 Å². The van der Waals surface area contributed by atoms with Crippen molar-refractivity contribution in [3.05, 3.63) is 0 Å². The molecule has 7 N–H and O–H groups in total. The summed E-state index contributed by atoms with van der Waals surface area (Å²) in [4.78, 5) is 53.0. The predicted molar refractivity (Wildman–Crippen MR) is 193 cm³/mol. The summed E-state index contributed by atoms with van der Waals surface area (Å²) in [7, 11) is -10.7. The third kappa shape index (κ3) is 22.2. The zero-order chi connectivity index (χ0) is 40.4. The number of esters is 2. The van der Waals surface area contributed by atoms with Crippen LogP contribution < -0.4 is 0 Å². The number of hydrogen-bond acceptors (Lipinski definition) is 13. The van der Waals surface area contributed by atoms with E-state index in [4.69, 9.17) is 34.7 Å². The molecule has 0 heterocycles. The van der Waals surface area contributed by atoms with Gasteiger partial charge >= 0.3 is 27.6 Å². The van der Waals surface area contributed by atoms with Crippen molar-refractivity contribution in [2.75, 3.05) is 13.2 Å². The van der Waals surface area contributed by atoms with Gasteiger partial charge in [0.15, 0.2) is 6.10 Å². The molecule has 0 aromatic rings. The number of hydrogen-bond donors (Lipinski definition) is 7. The minimum absolute atomic E-state index is 0.0221. The van der Waals surface area contributed by atoms with Crippen LogP contribution in [0.5, 0.6) is 0 Å². The summed E-state index contributed by atoms with van der Waals surface area (Å²) >= 11 is 0. The van der Waals surface area contributed by atoms with Crippen LogP contribution in [0.2, 0.25) is 0 Å². The highest BCUT2D eigenvalue weighted by Crippen LogP contribution is 2.48. The van der Waals surface area contributed by atoms with Crippen molar-refractivity contribution in [1.82, 2.24) is 0 Å². The maximum absolute atomic E-state index is 12.8. The average Bonchev–Trinajstić information content (AvgIpc) is 3.11. The molecule has 300 valence electrons. The lowest BCUT2D eigenvalue weighted by molar-refractivity contribution is -0.216. The summed E-state index contributed by atoms with van der Waals surface area (Å²) in [6, 6.07) is 0. The third-order valence-corrected chi connectivity index (χ3v) is 9.28. The van der Waals surface area contributed by atoms with Gasteiger partial charge in [0.25, 0.3) is 0 Å². The molecule has 8 atom stereocenters. The van der Waals surface area contributed by atoms with Crippen molar-refractivity contribution in [2.45, 2.75) is 140 Å². The first kappa shape index (κ1) is 48.8. The number of terminal acetylenes is 1. The van der Waals surface area contributed by atoms with Crippen LogP contribution >= 0.6 is 15.6 Å². The Kier molecular flexibility index (Phi) is 24.8. The highest BCUT2D eigenvalue weighted by molar-refractivity contribution is 7.47. The van der Waals surface area contributed by atoms with Gasteiger partial charge in [0.1, 0.15) is 43.2 Å². The molecule has 0 amide bonds. The van der Waals surface area contributed by atoms with E-state index in [1.165, 1.54) is 44.9 Å². The topological polar surface area (TPSA) is 256 Å². The van der Waals surface area contributed by atoms with Crippen LogP contribution in [0.4, 0.5) is 0 Å².